The van der Waals surface area contributed by atoms with Gasteiger partial charge in [-0.1, -0.05) is 12.1 Å². The fraction of sp³-hybridized carbons (Fsp3) is 0.316. The summed E-state index contributed by atoms with van der Waals surface area (Å²) in [6.45, 7) is 0.387. The zero-order valence-corrected chi connectivity index (χ0v) is 14.9. The molecule has 1 aliphatic rings. The van der Waals surface area contributed by atoms with Gasteiger partial charge in [-0.15, -0.1) is 11.3 Å². The van der Waals surface area contributed by atoms with Crippen molar-refractivity contribution < 1.29 is 9.18 Å². The van der Waals surface area contributed by atoms with E-state index in [0.717, 1.165) is 35.2 Å². The van der Waals surface area contributed by atoms with Gasteiger partial charge in [-0.2, -0.15) is 0 Å². The van der Waals surface area contributed by atoms with Crippen molar-refractivity contribution >= 4 is 27.5 Å². The number of carbonyl (C=O) groups excluding carboxylic acids is 1. The number of amides is 1. The van der Waals surface area contributed by atoms with E-state index in [0.29, 0.717) is 18.4 Å². The second-order valence-corrected chi connectivity index (χ2v) is 7.53. The smallest absolute Gasteiger partial charge is 0.262 e. The molecule has 0 aliphatic heterocycles. The molecule has 0 unspecified atom stereocenters. The highest BCUT2D eigenvalue weighted by molar-refractivity contribution is 7.18. The molecular weight excluding hydrogens is 353 g/mol. The van der Waals surface area contributed by atoms with E-state index in [4.69, 9.17) is 0 Å². The van der Waals surface area contributed by atoms with Crippen LogP contribution in [-0.4, -0.2) is 22.0 Å². The van der Waals surface area contributed by atoms with Gasteiger partial charge in [0.2, 0.25) is 5.91 Å². The second-order valence-electron chi connectivity index (χ2n) is 6.44. The van der Waals surface area contributed by atoms with Crippen LogP contribution >= 0.6 is 11.3 Å². The molecule has 2 aromatic heterocycles. The third-order valence-corrected chi connectivity index (χ3v) is 5.85. The monoisotopic (exact) mass is 371 g/mol. The maximum absolute atomic E-state index is 12.9. The van der Waals surface area contributed by atoms with E-state index in [1.165, 1.54) is 27.9 Å². The van der Waals surface area contributed by atoms with Gasteiger partial charge >= 0.3 is 0 Å². The summed E-state index contributed by atoms with van der Waals surface area (Å²) in [5.41, 5.74) is 1.93. The molecule has 0 atom stereocenters. The van der Waals surface area contributed by atoms with E-state index in [-0.39, 0.29) is 23.8 Å². The molecule has 0 radical (unpaired) electrons. The Morgan fingerprint density at radius 1 is 1.27 bits per heavy atom. The minimum Gasteiger partial charge on any atom is -0.354 e. The lowest BCUT2D eigenvalue weighted by molar-refractivity contribution is -0.121. The Hall–Kier alpha value is -2.54. The van der Waals surface area contributed by atoms with Crippen LogP contribution in [0.4, 0.5) is 4.39 Å². The number of benzene rings is 1. The number of carbonyl (C=O) groups is 1. The number of aryl methyl sites for hydroxylation is 2. The van der Waals surface area contributed by atoms with Crippen LogP contribution in [0.1, 0.15) is 22.4 Å². The van der Waals surface area contributed by atoms with Gasteiger partial charge in [-0.05, 0) is 48.9 Å². The van der Waals surface area contributed by atoms with E-state index >= 15 is 0 Å². The van der Waals surface area contributed by atoms with Gasteiger partial charge < -0.3 is 5.32 Å². The Morgan fingerprint density at radius 3 is 2.88 bits per heavy atom. The second kappa shape index (κ2) is 6.99. The molecule has 4 rings (SSSR count). The number of hydrogen-bond acceptors (Lipinski definition) is 4. The summed E-state index contributed by atoms with van der Waals surface area (Å²) in [7, 11) is 0. The van der Waals surface area contributed by atoms with Crippen molar-refractivity contribution in [2.24, 2.45) is 0 Å². The lowest BCUT2D eigenvalue weighted by Crippen LogP contribution is -2.33. The maximum atomic E-state index is 12.9. The van der Waals surface area contributed by atoms with E-state index in [2.05, 4.69) is 10.3 Å². The van der Waals surface area contributed by atoms with Crippen LogP contribution in [0.25, 0.3) is 10.2 Å². The lowest BCUT2D eigenvalue weighted by Gasteiger charge is -2.08. The number of nitrogens with zero attached hydrogens (tertiary/aromatic N) is 2. The highest BCUT2D eigenvalue weighted by Crippen LogP contribution is 2.34. The Labute approximate surface area is 153 Å². The van der Waals surface area contributed by atoms with Crippen molar-refractivity contribution in [2.75, 3.05) is 6.54 Å². The van der Waals surface area contributed by atoms with E-state index in [9.17, 15) is 14.0 Å². The number of halogens is 1. The summed E-state index contributed by atoms with van der Waals surface area (Å²) in [5, 5.41) is 3.48. The van der Waals surface area contributed by atoms with Crippen molar-refractivity contribution in [3.8, 4) is 0 Å². The standard InChI is InChI=1S/C19H18FN3O2S/c20-13-6-4-12(5-7-13)8-9-21-16(24)10-23-11-22-18-17(19(23)25)14-2-1-3-15(14)26-18/h4-7,11H,1-3,8-10H2,(H,21,24). The minimum atomic E-state index is -0.278. The van der Waals surface area contributed by atoms with Gasteiger partial charge in [-0.3, -0.25) is 14.2 Å². The minimum absolute atomic E-state index is 0.0458. The Bertz CT molecular complexity index is 1020. The Balaban J connectivity index is 1.42. The summed E-state index contributed by atoms with van der Waals surface area (Å²) in [6, 6.07) is 6.19. The average molecular weight is 371 g/mol. The SMILES string of the molecule is O=C(Cn1cnc2sc3c(c2c1=O)CCC3)NCCc1ccc(F)cc1. The number of rotatable bonds is 5. The van der Waals surface area contributed by atoms with Crippen LogP contribution in [-0.2, 0) is 30.6 Å². The maximum Gasteiger partial charge on any atom is 0.262 e. The third kappa shape index (κ3) is 3.26. The molecule has 1 amide bonds. The molecular formula is C19H18FN3O2S. The molecule has 5 nitrogen and oxygen atoms in total. The summed E-state index contributed by atoms with van der Waals surface area (Å²) in [5.74, 6) is -0.512. The van der Waals surface area contributed by atoms with Gasteiger partial charge in [0, 0.05) is 11.4 Å². The molecule has 0 saturated carbocycles. The van der Waals surface area contributed by atoms with Gasteiger partial charge in [0.1, 0.15) is 17.2 Å². The number of nitrogens with one attached hydrogen (secondary N) is 1. The number of hydrogen-bond donors (Lipinski definition) is 1. The van der Waals surface area contributed by atoms with E-state index < -0.39 is 0 Å². The molecule has 1 N–H and O–H groups in total. The predicted molar refractivity (Wildman–Crippen MR) is 99.0 cm³/mol. The molecule has 1 aliphatic carbocycles. The first-order chi connectivity index (χ1) is 12.6. The van der Waals surface area contributed by atoms with E-state index in [1.54, 1.807) is 23.5 Å². The number of aromatic nitrogens is 2. The molecule has 0 spiro atoms. The van der Waals surface area contributed by atoms with Crippen molar-refractivity contribution in [1.29, 1.82) is 0 Å². The molecule has 134 valence electrons. The van der Waals surface area contributed by atoms with Crippen LogP contribution in [0.3, 0.4) is 0 Å². The van der Waals surface area contributed by atoms with Crippen molar-refractivity contribution in [2.45, 2.75) is 32.2 Å². The zero-order valence-electron chi connectivity index (χ0n) is 14.1. The Morgan fingerprint density at radius 2 is 2.08 bits per heavy atom. The summed E-state index contributed by atoms with van der Waals surface area (Å²) < 4.78 is 14.3. The Kier molecular flexibility index (Phi) is 4.55. The van der Waals surface area contributed by atoms with Gasteiger partial charge in [-0.25, -0.2) is 9.37 Å². The predicted octanol–water partition coefficient (Wildman–Crippen LogP) is 2.44. The summed E-state index contributed by atoms with van der Waals surface area (Å²) in [4.78, 5) is 31.3. The first-order valence-electron chi connectivity index (χ1n) is 8.62. The first kappa shape index (κ1) is 16.9. The third-order valence-electron chi connectivity index (χ3n) is 4.65. The topological polar surface area (TPSA) is 64.0 Å². The molecule has 1 aromatic carbocycles. The van der Waals surface area contributed by atoms with Crippen LogP contribution in [0.15, 0.2) is 35.4 Å². The van der Waals surface area contributed by atoms with Crippen LogP contribution in [0.5, 0.6) is 0 Å². The molecule has 0 saturated heterocycles. The fourth-order valence-corrected chi connectivity index (χ4v) is 4.56. The number of fused-ring (bicyclic) bond motifs is 3. The van der Waals surface area contributed by atoms with Crippen LogP contribution < -0.4 is 10.9 Å². The summed E-state index contributed by atoms with van der Waals surface area (Å²) in [6.07, 6.45) is 5.07. The lowest BCUT2D eigenvalue weighted by atomic mass is 10.1. The van der Waals surface area contributed by atoms with Crippen LogP contribution in [0.2, 0.25) is 0 Å². The van der Waals surface area contributed by atoms with E-state index in [1.807, 2.05) is 0 Å². The molecule has 0 bridgehead atoms. The quantitative estimate of drug-likeness (QED) is 0.749. The molecule has 7 heteroatoms. The zero-order chi connectivity index (χ0) is 18.1. The summed E-state index contributed by atoms with van der Waals surface area (Å²) >= 11 is 1.59. The molecule has 2 heterocycles. The van der Waals surface area contributed by atoms with Gasteiger partial charge in [0.15, 0.2) is 0 Å². The van der Waals surface area contributed by atoms with Gasteiger partial charge in [0.25, 0.3) is 5.56 Å². The number of thiophene rings is 1. The van der Waals surface area contributed by atoms with Crippen molar-refractivity contribution in [1.82, 2.24) is 14.9 Å². The molecule has 3 aromatic rings. The normalized spacial score (nSPS) is 13.1. The largest absolute Gasteiger partial charge is 0.354 e. The molecule has 26 heavy (non-hydrogen) atoms. The highest BCUT2D eigenvalue weighted by Gasteiger charge is 2.21. The highest BCUT2D eigenvalue weighted by atomic mass is 32.1. The van der Waals surface area contributed by atoms with Gasteiger partial charge in [0.05, 0.1) is 11.7 Å². The molecule has 0 fully saturated rings. The van der Waals surface area contributed by atoms with Crippen molar-refractivity contribution in [3.05, 3.63) is 62.8 Å². The first-order valence-corrected chi connectivity index (χ1v) is 9.44. The average Bonchev–Trinajstić information content (AvgIpc) is 3.20. The fourth-order valence-electron chi connectivity index (χ4n) is 3.34. The van der Waals surface area contributed by atoms with Crippen molar-refractivity contribution in [3.63, 3.8) is 0 Å². The van der Waals surface area contributed by atoms with Crippen LogP contribution in [0, 0.1) is 5.82 Å².